The molecule has 1 aromatic heterocycles. The lowest BCUT2D eigenvalue weighted by molar-refractivity contribution is -0.133. The molecule has 0 unspecified atom stereocenters. The highest BCUT2D eigenvalue weighted by molar-refractivity contribution is 5.77. The molecule has 2 aromatic rings. The summed E-state index contributed by atoms with van der Waals surface area (Å²) in [5, 5.41) is 7.21. The minimum absolute atomic E-state index is 0.229. The first-order valence-corrected chi connectivity index (χ1v) is 9.08. The number of hydrogen-bond donors (Lipinski definition) is 1. The number of piperazine rings is 1. The fourth-order valence-electron chi connectivity index (χ4n) is 3.78. The Labute approximate surface area is 150 Å². The van der Waals surface area contributed by atoms with E-state index in [4.69, 9.17) is 0 Å². The van der Waals surface area contributed by atoms with Gasteiger partial charge in [0.2, 0.25) is 5.91 Å². The third kappa shape index (κ3) is 3.70. The summed E-state index contributed by atoms with van der Waals surface area (Å²) in [6.07, 6.45) is 1.31. The Morgan fingerprint density at radius 3 is 2.64 bits per heavy atom. The number of aromatic nitrogens is 2. The standard InChI is InChI=1S/C20H28N4O/c1-14-7-5-6-8-19(14)23-11-12-24(15(2)13-23)20(25)10-9-18-16(3)21-22-17(18)4/h5-8,15H,9-13H2,1-4H3,(H,21,22)/t15-/m1/s1. The van der Waals surface area contributed by atoms with Gasteiger partial charge in [0.1, 0.15) is 0 Å². The first-order valence-electron chi connectivity index (χ1n) is 9.08. The summed E-state index contributed by atoms with van der Waals surface area (Å²) in [7, 11) is 0. The summed E-state index contributed by atoms with van der Waals surface area (Å²) in [6.45, 7) is 10.9. The topological polar surface area (TPSA) is 52.2 Å². The molecular weight excluding hydrogens is 312 g/mol. The number of rotatable bonds is 4. The predicted octanol–water partition coefficient (Wildman–Crippen LogP) is 3.00. The lowest BCUT2D eigenvalue weighted by atomic mass is 10.1. The fraction of sp³-hybridized carbons (Fsp3) is 0.500. The van der Waals surface area contributed by atoms with Gasteiger partial charge in [-0.25, -0.2) is 0 Å². The molecule has 1 amide bonds. The Morgan fingerprint density at radius 1 is 1.24 bits per heavy atom. The highest BCUT2D eigenvalue weighted by Crippen LogP contribution is 2.23. The number of nitrogens with zero attached hydrogens (tertiary/aromatic N) is 3. The van der Waals surface area contributed by atoms with Crippen molar-refractivity contribution in [1.29, 1.82) is 0 Å². The van der Waals surface area contributed by atoms with Crippen molar-refractivity contribution >= 4 is 11.6 Å². The zero-order valence-corrected chi connectivity index (χ0v) is 15.7. The van der Waals surface area contributed by atoms with Crippen LogP contribution in [0.25, 0.3) is 0 Å². The largest absolute Gasteiger partial charge is 0.367 e. The third-order valence-electron chi connectivity index (χ3n) is 5.27. The van der Waals surface area contributed by atoms with E-state index in [1.165, 1.54) is 16.8 Å². The molecule has 1 aliphatic rings. The van der Waals surface area contributed by atoms with Crippen LogP contribution in [0, 0.1) is 20.8 Å². The molecule has 1 N–H and O–H groups in total. The van der Waals surface area contributed by atoms with E-state index < -0.39 is 0 Å². The van der Waals surface area contributed by atoms with E-state index in [2.05, 4.69) is 53.2 Å². The van der Waals surface area contributed by atoms with Crippen LogP contribution in [0.15, 0.2) is 24.3 Å². The number of aromatic amines is 1. The summed E-state index contributed by atoms with van der Waals surface area (Å²) < 4.78 is 0. The molecule has 3 rings (SSSR count). The first kappa shape index (κ1) is 17.5. The van der Waals surface area contributed by atoms with E-state index >= 15 is 0 Å². The maximum absolute atomic E-state index is 12.7. The van der Waals surface area contributed by atoms with Crippen molar-refractivity contribution in [2.45, 2.75) is 46.6 Å². The molecule has 0 bridgehead atoms. The molecule has 0 spiro atoms. The molecular formula is C20H28N4O. The number of amides is 1. The quantitative estimate of drug-likeness (QED) is 0.931. The Kier molecular flexibility index (Phi) is 5.11. The minimum atomic E-state index is 0.229. The van der Waals surface area contributed by atoms with Crippen molar-refractivity contribution in [3.8, 4) is 0 Å². The van der Waals surface area contributed by atoms with Gasteiger partial charge in [-0.05, 0) is 51.3 Å². The van der Waals surface area contributed by atoms with Gasteiger partial charge in [-0.3, -0.25) is 9.89 Å². The lowest BCUT2D eigenvalue weighted by Gasteiger charge is -2.41. The SMILES string of the molecule is Cc1ccccc1N1CCN(C(=O)CCc2c(C)n[nH]c2C)[C@H](C)C1. The summed E-state index contributed by atoms with van der Waals surface area (Å²) >= 11 is 0. The van der Waals surface area contributed by atoms with Crippen molar-refractivity contribution in [2.24, 2.45) is 0 Å². The molecule has 5 heteroatoms. The maximum Gasteiger partial charge on any atom is 0.223 e. The summed E-state index contributed by atoms with van der Waals surface area (Å²) in [5.41, 5.74) is 5.83. The fourth-order valence-corrected chi connectivity index (χ4v) is 3.78. The van der Waals surface area contributed by atoms with Crippen molar-refractivity contribution in [3.05, 3.63) is 46.8 Å². The van der Waals surface area contributed by atoms with Crippen LogP contribution in [0.1, 0.15) is 35.9 Å². The number of benzene rings is 1. The van der Waals surface area contributed by atoms with Gasteiger partial charge in [-0.1, -0.05) is 18.2 Å². The molecule has 1 aliphatic heterocycles. The average Bonchev–Trinajstić information content (AvgIpc) is 2.91. The Hall–Kier alpha value is -2.30. The van der Waals surface area contributed by atoms with E-state index in [1.807, 2.05) is 18.7 Å². The van der Waals surface area contributed by atoms with Crippen LogP contribution in [0.3, 0.4) is 0 Å². The van der Waals surface area contributed by atoms with Crippen LogP contribution in [0.5, 0.6) is 0 Å². The van der Waals surface area contributed by atoms with E-state index in [0.29, 0.717) is 6.42 Å². The molecule has 0 radical (unpaired) electrons. The molecule has 1 atom stereocenters. The molecule has 25 heavy (non-hydrogen) atoms. The van der Waals surface area contributed by atoms with Crippen LogP contribution in [-0.4, -0.2) is 46.7 Å². The smallest absolute Gasteiger partial charge is 0.223 e. The molecule has 0 saturated carbocycles. The van der Waals surface area contributed by atoms with Crippen molar-refractivity contribution in [3.63, 3.8) is 0 Å². The second-order valence-corrected chi connectivity index (χ2v) is 7.08. The van der Waals surface area contributed by atoms with Gasteiger partial charge in [0.15, 0.2) is 0 Å². The van der Waals surface area contributed by atoms with E-state index in [0.717, 1.165) is 37.4 Å². The zero-order chi connectivity index (χ0) is 18.0. The van der Waals surface area contributed by atoms with Crippen molar-refractivity contribution in [1.82, 2.24) is 15.1 Å². The Balaban J connectivity index is 1.59. The van der Waals surface area contributed by atoms with Gasteiger partial charge in [0.25, 0.3) is 0 Å². The summed E-state index contributed by atoms with van der Waals surface area (Å²) in [5.74, 6) is 0.247. The molecule has 5 nitrogen and oxygen atoms in total. The van der Waals surface area contributed by atoms with E-state index in [1.54, 1.807) is 0 Å². The molecule has 0 aliphatic carbocycles. The number of aryl methyl sites for hydroxylation is 3. The molecule has 1 fully saturated rings. The minimum Gasteiger partial charge on any atom is -0.367 e. The van der Waals surface area contributed by atoms with Crippen molar-refractivity contribution in [2.75, 3.05) is 24.5 Å². The van der Waals surface area contributed by atoms with Crippen LogP contribution in [-0.2, 0) is 11.2 Å². The maximum atomic E-state index is 12.7. The number of para-hydroxylation sites is 1. The normalized spacial score (nSPS) is 17.8. The second-order valence-electron chi connectivity index (χ2n) is 7.08. The summed E-state index contributed by atoms with van der Waals surface area (Å²) in [6, 6.07) is 8.70. The van der Waals surface area contributed by atoms with Gasteiger partial charge in [-0.15, -0.1) is 0 Å². The van der Waals surface area contributed by atoms with Gasteiger partial charge in [0.05, 0.1) is 5.69 Å². The third-order valence-corrected chi connectivity index (χ3v) is 5.27. The Bertz CT molecular complexity index is 732. The van der Waals surface area contributed by atoms with Crippen LogP contribution >= 0.6 is 0 Å². The monoisotopic (exact) mass is 340 g/mol. The van der Waals surface area contributed by atoms with Crippen LogP contribution in [0.2, 0.25) is 0 Å². The highest BCUT2D eigenvalue weighted by atomic mass is 16.2. The number of anilines is 1. The molecule has 134 valence electrons. The van der Waals surface area contributed by atoms with E-state index in [9.17, 15) is 4.79 Å². The molecule has 1 aromatic carbocycles. The molecule has 2 heterocycles. The van der Waals surface area contributed by atoms with Gasteiger partial charge in [0, 0.05) is 43.5 Å². The number of carbonyl (C=O) groups excluding carboxylic acids is 1. The highest BCUT2D eigenvalue weighted by Gasteiger charge is 2.27. The summed E-state index contributed by atoms with van der Waals surface area (Å²) in [4.78, 5) is 17.2. The van der Waals surface area contributed by atoms with Crippen molar-refractivity contribution < 1.29 is 4.79 Å². The predicted molar refractivity (Wildman–Crippen MR) is 101 cm³/mol. The van der Waals surface area contributed by atoms with E-state index in [-0.39, 0.29) is 11.9 Å². The Morgan fingerprint density at radius 2 is 2.00 bits per heavy atom. The van der Waals surface area contributed by atoms with Gasteiger partial charge in [-0.2, -0.15) is 5.10 Å². The second kappa shape index (κ2) is 7.30. The van der Waals surface area contributed by atoms with Crippen LogP contribution in [0.4, 0.5) is 5.69 Å². The van der Waals surface area contributed by atoms with Gasteiger partial charge >= 0.3 is 0 Å². The lowest BCUT2D eigenvalue weighted by Crippen LogP contribution is -2.54. The zero-order valence-electron chi connectivity index (χ0n) is 15.7. The number of H-pyrrole nitrogens is 1. The van der Waals surface area contributed by atoms with Crippen LogP contribution < -0.4 is 4.90 Å². The first-order chi connectivity index (χ1) is 12.0. The number of carbonyl (C=O) groups is 1. The molecule has 1 saturated heterocycles. The van der Waals surface area contributed by atoms with Gasteiger partial charge < -0.3 is 9.80 Å². The number of hydrogen-bond acceptors (Lipinski definition) is 3. The number of nitrogens with one attached hydrogen (secondary N) is 1. The average molecular weight is 340 g/mol.